The summed E-state index contributed by atoms with van der Waals surface area (Å²) in [6, 6.07) is 0.357. The highest BCUT2D eigenvalue weighted by molar-refractivity contribution is 7.11. The molecule has 0 radical (unpaired) electrons. The standard InChI is InChI=1S/C10H19N5OS/c1-6(15(3)4)5-13-10-7(9(16)12-2)8(11)14-17-10/h6,13H,5H2,1-4H3,(H2,11,14)(H,12,16). The zero-order valence-electron chi connectivity index (χ0n) is 10.6. The molecule has 1 unspecified atom stereocenters. The van der Waals surface area contributed by atoms with Gasteiger partial charge in [0, 0.05) is 19.6 Å². The van der Waals surface area contributed by atoms with E-state index < -0.39 is 0 Å². The summed E-state index contributed by atoms with van der Waals surface area (Å²) in [5.41, 5.74) is 6.11. The molecule has 0 fully saturated rings. The van der Waals surface area contributed by atoms with Crippen LogP contribution >= 0.6 is 11.5 Å². The third kappa shape index (κ3) is 3.31. The summed E-state index contributed by atoms with van der Waals surface area (Å²) in [7, 11) is 5.59. The molecule has 0 bridgehead atoms. The van der Waals surface area contributed by atoms with Gasteiger partial charge >= 0.3 is 0 Å². The minimum atomic E-state index is -0.212. The van der Waals surface area contributed by atoms with Crippen molar-refractivity contribution in [2.24, 2.45) is 0 Å². The molecule has 0 saturated carbocycles. The van der Waals surface area contributed by atoms with E-state index in [0.29, 0.717) is 11.6 Å². The number of amides is 1. The van der Waals surface area contributed by atoms with Gasteiger partial charge in [0.25, 0.3) is 5.91 Å². The molecule has 17 heavy (non-hydrogen) atoms. The number of nitrogen functional groups attached to an aromatic ring is 1. The molecule has 1 amide bonds. The van der Waals surface area contributed by atoms with E-state index in [4.69, 9.17) is 5.73 Å². The van der Waals surface area contributed by atoms with Crippen LogP contribution < -0.4 is 16.4 Å². The van der Waals surface area contributed by atoms with Crippen molar-refractivity contribution in [1.29, 1.82) is 0 Å². The normalized spacial score (nSPS) is 12.5. The van der Waals surface area contributed by atoms with Crippen molar-refractivity contribution in [3.63, 3.8) is 0 Å². The zero-order chi connectivity index (χ0) is 13.0. The van der Waals surface area contributed by atoms with E-state index in [-0.39, 0.29) is 11.7 Å². The van der Waals surface area contributed by atoms with Crippen LogP contribution in [0.15, 0.2) is 0 Å². The predicted octanol–water partition coefficient (Wildman–Crippen LogP) is 0.447. The van der Waals surface area contributed by atoms with Crippen LogP contribution in [0.4, 0.5) is 10.8 Å². The lowest BCUT2D eigenvalue weighted by molar-refractivity contribution is 0.0965. The Morgan fingerprint density at radius 3 is 2.76 bits per heavy atom. The third-order valence-corrected chi connectivity index (χ3v) is 3.43. The van der Waals surface area contributed by atoms with Crippen LogP contribution in [0.2, 0.25) is 0 Å². The molecule has 0 aliphatic rings. The number of carbonyl (C=O) groups excluding carboxylic acids is 1. The quantitative estimate of drug-likeness (QED) is 0.713. The molecule has 1 heterocycles. The van der Waals surface area contributed by atoms with Gasteiger partial charge in [-0.3, -0.25) is 4.79 Å². The number of nitrogens with two attached hydrogens (primary N) is 1. The summed E-state index contributed by atoms with van der Waals surface area (Å²) in [6.45, 7) is 2.83. The van der Waals surface area contributed by atoms with Gasteiger partial charge in [-0.15, -0.1) is 0 Å². The Bertz CT molecular complexity index is 390. The van der Waals surface area contributed by atoms with Gasteiger partial charge < -0.3 is 21.3 Å². The first-order valence-electron chi connectivity index (χ1n) is 5.34. The van der Waals surface area contributed by atoms with Crippen molar-refractivity contribution in [1.82, 2.24) is 14.6 Å². The largest absolute Gasteiger partial charge is 0.382 e. The molecule has 0 aliphatic heterocycles. The highest BCUT2D eigenvalue weighted by atomic mass is 32.1. The second kappa shape index (κ2) is 5.83. The van der Waals surface area contributed by atoms with Crippen LogP contribution in [0.25, 0.3) is 0 Å². The first-order valence-corrected chi connectivity index (χ1v) is 6.12. The molecule has 6 nitrogen and oxygen atoms in total. The molecular formula is C10H19N5OS. The van der Waals surface area contributed by atoms with E-state index >= 15 is 0 Å². The summed E-state index contributed by atoms with van der Waals surface area (Å²) in [4.78, 5) is 13.7. The smallest absolute Gasteiger partial charge is 0.257 e. The number of nitrogens with zero attached hydrogens (tertiary/aromatic N) is 2. The molecule has 1 aromatic heterocycles. The molecule has 4 N–H and O–H groups in total. The second-order valence-electron chi connectivity index (χ2n) is 4.04. The average Bonchev–Trinajstić information content (AvgIpc) is 2.66. The lowest BCUT2D eigenvalue weighted by Crippen LogP contribution is -2.31. The topological polar surface area (TPSA) is 83.3 Å². The highest BCUT2D eigenvalue weighted by Gasteiger charge is 2.18. The van der Waals surface area contributed by atoms with Crippen LogP contribution in [-0.4, -0.2) is 48.9 Å². The minimum absolute atomic E-state index is 0.212. The van der Waals surface area contributed by atoms with Gasteiger partial charge in [0.15, 0.2) is 5.82 Å². The Kier molecular flexibility index (Phi) is 4.71. The summed E-state index contributed by atoms with van der Waals surface area (Å²) in [5, 5.41) is 6.48. The summed E-state index contributed by atoms with van der Waals surface area (Å²) < 4.78 is 3.99. The van der Waals surface area contributed by atoms with E-state index in [1.165, 1.54) is 11.5 Å². The van der Waals surface area contributed by atoms with E-state index in [0.717, 1.165) is 11.5 Å². The maximum atomic E-state index is 11.6. The van der Waals surface area contributed by atoms with E-state index in [1.807, 2.05) is 14.1 Å². The van der Waals surface area contributed by atoms with Crippen LogP contribution in [-0.2, 0) is 0 Å². The summed E-state index contributed by atoms with van der Waals surface area (Å²) in [6.07, 6.45) is 0. The zero-order valence-corrected chi connectivity index (χ0v) is 11.4. The summed E-state index contributed by atoms with van der Waals surface area (Å²) >= 11 is 1.21. The maximum Gasteiger partial charge on any atom is 0.257 e. The van der Waals surface area contributed by atoms with Crippen molar-refractivity contribution in [3.8, 4) is 0 Å². The van der Waals surface area contributed by atoms with Gasteiger partial charge in [-0.1, -0.05) is 0 Å². The Morgan fingerprint density at radius 2 is 2.24 bits per heavy atom. The highest BCUT2D eigenvalue weighted by Crippen LogP contribution is 2.26. The lowest BCUT2D eigenvalue weighted by Gasteiger charge is -2.20. The number of nitrogens with one attached hydrogen (secondary N) is 2. The number of rotatable bonds is 5. The summed E-state index contributed by atoms with van der Waals surface area (Å²) in [5.74, 6) is 0.0608. The average molecular weight is 257 g/mol. The Labute approximate surface area is 105 Å². The minimum Gasteiger partial charge on any atom is -0.382 e. The van der Waals surface area contributed by atoms with Gasteiger partial charge in [0.2, 0.25) is 0 Å². The van der Waals surface area contributed by atoms with Crippen molar-refractivity contribution in [2.45, 2.75) is 13.0 Å². The van der Waals surface area contributed by atoms with Gasteiger partial charge in [-0.2, -0.15) is 4.37 Å². The van der Waals surface area contributed by atoms with Crippen molar-refractivity contribution in [2.75, 3.05) is 38.7 Å². The molecule has 1 atom stereocenters. The lowest BCUT2D eigenvalue weighted by atomic mass is 10.2. The molecular weight excluding hydrogens is 238 g/mol. The number of aromatic nitrogens is 1. The molecule has 7 heteroatoms. The van der Waals surface area contributed by atoms with Gasteiger partial charge in [-0.25, -0.2) is 0 Å². The fraction of sp³-hybridized carbons (Fsp3) is 0.600. The number of carbonyl (C=O) groups is 1. The van der Waals surface area contributed by atoms with Crippen molar-refractivity contribution < 1.29 is 4.79 Å². The second-order valence-corrected chi connectivity index (χ2v) is 4.82. The number of hydrogen-bond acceptors (Lipinski definition) is 6. The van der Waals surface area contributed by atoms with E-state index in [1.54, 1.807) is 7.05 Å². The van der Waals surface area contributed by atoms with Crippen molar-refractivity contribution >= 4 is 28.3 Å². The predicted molar refractivity (Wildman–Crippen MR) is 71.6 cm³/mol. The van der Waals surface area contributed by atoms with Crippen LogP contribution in [0.3, 0.4) is 0 Å². The SMILES string of the molecule is CNC(=O)c1c(N)nsc1NCC(C)N(C)C. The first-order chi connectivity index (χ1) is 7.97. The first kappa shape index (κ1) is 13.7. The van der Waals surface area contributed by atoms with Crippen LogP contribution in [0, 0.1) is 0 Å². The molecule has 0 spiro atoms. The Morgan fingerprint density at radius 1 is 1.59 bits per heavy atom. The number of anilines is 2. The molecule has 0 aliphatic carbocycles. The monoisotopic (exact) mass is 257 g/mol. The van der Waals surface area contributed by atoms with E-state index in [2.05, 4.69) is 26.8 Å². The van der Waals surface area contributed by atoms with Gasteiger partial charge in [-0.05, 0) is 32.6 Å². The van der Waals surface area contributed by atoms with Gasteiger partial charge in [0.05, 0.1) is 0 Å². The number of likely N-dealkylation sites (N-methyl/N-ethyl adjacent to an activating group) is 1. The Hall–Kier alpha value is -1.34. The van der Waals surface area contributed by atoms with Crippen molar-refractivity contribution in [3.05, 3.63) is 5.56 Å². The van der Waals surface area contributed by atoms with E-state index in [9.17, 15) is 4.79 Å². The fourth-order valence-corrected chi connectivity index (χ4v) is 1.91. The molecule has 1 aromatic rings. The molecule has 0 aromatic carbocycles. The maximum absolute atomic E-state index is 11.6. The molecule has 0 saturated heterocycles. The molecule has 96 valence electrons. The Balaban J connectivity index is 2.75. The molecule has 1 rings (SSSR count). The van der Waals surface area contributed by atoms with Crippen LogP contribution in [0.5, 0.6) is 0 Å². The number of hydrogen-bond donors (Lipinski definition) is 3. The fourth-order valence-electron chi connectivity index (χ4n) is 1.19. The van der Waals surface area contributed by atoms with Gasteiger partial charge in [0.1, 0.15) is 10.6 Å². The van der Waals surface area contributed by atoms with Crippen LogP contribution in [0.1, 0.15) is 17.3 Å². The third-order valence-electron chi connectivity index (χ3n) is 2.61.